The maximum absolute atomic E-state index is 11.4. The van der Waals surface area contributed by atoms with Gasteiger partial charge in [0.05, 0.1) is 13.2 Å². The van der Waals surface area contributed by atoms with Crippen LogP contribution in [0, 0.1) is 0 Å². The van der Waals surface area contributed by atoms with E-state index >= 15 is 0 Å². The van der Waals surface area contributed by atoms with Crippen LogP contribution in [0.15, 0.2) is 0 Å². The summed E-state index contributed by atoms with van der Waals surface area (Å²) in [6.45, 7) is -1.63. The summed E-state index contributed by atoms with van der Waals surface area (Å²) >= 11 is 0. The molecule has 10 heavy (non-hydrogen) atoms. The van der Waals surface area contributed by atoms with Crippen molar-refractivity contribution in [3.05, 3.63) is 0 Å². The lowest BCUT2D eigenvalue weighted by Crippen LogP contribution is -2.24. The van der Waals surface area contributed by atoms with Crippen LogP contribution in [0.5, 0.6) is 0 Å². The average molecular weight is 156 g/mol. The first-order valence-corrected chi connectivity index (χ1v) is 2.82. The van der Waals surface area contributed by atoms with Crippen molar-refractivity contribution < 1.29 is 23.7 Å². The minimum absolute atomic E-state index is 0.441. The Morgan fingerprint density at radius 2 is 1.70 bits per heavy atom. The van der Waals surface area contributed by atoms with Crippen LogP contribution in [-0.2, 0) is 4.74 Å². The highest BCUT2D eigenvalue weighted by atomic mass is 19.3. The van der Waals surface area contributed by atoms with Crippen LogP contribution < -0.4 is 0 Å². The zero-order chi connectivity index (χ0) is 7.98. The van der Waals surface area contributed by atoms with Gasteiger partial charge < -0.3 is 14.9 Å². The number of hydrogen-bond acceptors (Lipinski definition) is 3. The molecule has 0 bridgehead atoms. The van der Waals surface area contributed by atoms with Crippen molar-refractivity contribution in [1.82, 2.24) is 0 Å². The first kappa shape index (κ1) is 9.74. The van der Waals surface area contributed by atoms with Crippen LogP contribution in [0.3, 0.4) is 0 Å². The molecule has 62 valence electrons. The van der Waals surface area contributed by atoms with Crippen molar-refractivity contribution in [3.8, 4) is 0 Å². The van der Waals surface area contributed by atoms with Crippen LogP contribution in [-0.4, -0.2) is 42.6 Å². The van der Waals surface area contributed by atoms with Gasteiger partial charge in [-0.15, -0.1) is 0 Å². The Kier molecular flexibility index (Phi) is 5.38. The van der Waals surface area contributed by atoms with Crippen LogP contribution in [0.4, 0.5) is 8.78 Å². The zero-order valence-electron chi connectivity index (χ0n) is 5.33. The van der Waals surface area contributed by atoms with Gasteiger partial charge in [-0.25, -0.2) is 8.78 Å². The molecular weight excluding hydrogens is 146 g/mol. The smallest absolute Gasteiger partial charge is 0.261 e. The summed E-state index contributed by atoms with van der Waals surface area (Å²) in [5.74, 6) is 0. The molecule has 5 heteroatoms. The van der Waals surface area contributed by atoms with E-state index in [0.29, 0.717) is 0 Å². The second-order valence-electron chi connectivity index (χ2n) is 1.71. The highest BCUT2D eigenvalue weighted by Crippen LogP contribution is 1.96. The van der Waals surface area contributed by atoms with Crippen molar-refractivity contribution in [3.63, 3.8) is 0 Å². The zero-order valence-corrected chi connectivity index (χ0v) is 5.33. The summed E-state index contributed by atoms with van der Waals surface area (Å²) in [6, 6.07) is 0. The fourth-order valence-corrected chi connectivity index (χ4v) is 0.372. The molecule has 0 heterocycles. The van der Waals surface area contributed by atoms with Crippen molar-refractivity contribution in [2.45, 2.75) is 12.5 Å². The van der Waals surface area contributed by atoms with E-state index in [0.717, 1.165) is 0 Å². The van der Waals surface area contributed by atoms with Crippen molar-refractivity contribution in [2.24, 2.45) is 0 Å². The molecule has 0 amide bonds. The van der Waals surface area contributed by atoms with E-state index in [9.17, 15) is 8.78 Å². The van der Waals surface area contributed by atoms with Crippen LogP contribution in [0.25, 0.3) is 0 Å². The largest absolute Gasteiger partial charge is 0.394 e. The molecule has 0 unspecified atom stereocenters. The molecule has 0 aliphatic rings. The van der Waals surface area contributed by atoms with Gasteiger partial charge in [0.2, 0.25) is 0 Å². The number of aliphatic hydroxyl groups is 2. The predicted molar refractivity (Wildman–Crippen MR) is 29.9 cm³/mol. The van der Waals surface area contributed by atoms with E-state index in [4.69, 9.17) is 10.2 Å². The van der Waals surface area contributed by atoms with Crippen LogP contribution in [0.1, 0.15) is 0 Å². The summed E-state index contributed by atoms with van der Waals surface area (Å²) in [6.07, 6.45) is -3.44. The van der Waals surface area contributed by atoms with E-state index in [1.807, 2.05) is 0 Å². The molecule has 2 N–H and O–H groups in total. The molecule has 0 saturated carbocycles. The normalized spacial score (nSPS) is 11.4. The topological polar surface area (TPSA) is 49.7 Å². The Balaban J connectivity index is 3.26. The molecule has 0 aliphatic carbocycles. The lowest BCUT2D eigenvalue weighted by atomic mass is 10.4. The van der Waals surface area contributed by atoms with E-state index in [1.165, 1.54) is 0 Å². The van der Waals surface area contributed by atoms with E-state index in [-0.39, 0.29) is 0 Å². The second kappa shape index (κ2) is 5.52. The van der Waals surface area contributed by atoms with Gasteiger partial charge in [0.25, 0.3) is 6.43 Å². The minimum Gasteiger partial charge on any atom is -0.394 e. The molecule has 0 atom stereocenters. The maximum atomic E-state index is 11.4. The Morgan fingerprint density at radius 3 is 2.00 bits per heavy atom. The highest BCUT2D eigenvalue weighted by molar-refractivity contribution is 4.51. The third-order valence-electron chi connectivity index (χ3n) is 0.865. The van der Waals surface area contributed by atoms with E-state index in [1.54, 1.807) is 0 Å². The molecule has 0 aromatic rings. The molecule has 0 radical (unpaired) electrons. The van der Waals surface area contributed by atoms with Crippen molar-refractivity contribution >= 4 is 0 Å². The molecule has 0 aromatic heterocycles. The number of rotatable bonds is 5. The molecule has 3 nitrogen and oxygen atoms in total. The van der Waals surface area contributed by atoms with E-state index in [2.05, 4.69) is 4.74 Å². The van der Waals surface area contributed by atoms with Gasteiger partial charge >= 0.3 is 0 Å². The summed E-state index contributed by atoms with van der Waals surface area (Å²) in [4.78, 5) is 0. The number of aliphatic hydroxyl groups excluding tert-OH is 2. The summed E-state index contributed by atoms with van der Waals surface area (Å²) in [7, 11) is 0. The van der Waals surface area contributed by atoms with Gasteiger partial charge in [-0.3, -0.25) is 0 Å². The van der Waals surface area contributed by atoms with Gasteiger partial charge in [0.1, 0.15) is 12.7 Å². The maximum Gasteiger partial charge on any atom is 0.261 e. The van der Waals surface area contributed by atoms with E-state index < -0.39 is 32.4 Å². The predicted octanol–water partition coefficient (Wildman–Crippen LogP) is -0.379. The summed E-state index contributed by atoms with van der Waals surface area (Å²) in [5.41, 5.74) is 0. The third kappa shape index (κ3) is 4.60. The number of ether oxygens (including phenoxy) is 1. The van der Waals surface area contributed by atoms with Crippen molar-refractivity contribution in [1.29, 1.82) is 0 Å². The summed E-state index contributed by atoms with van der Waals surface area (Å²) < 4.78 is 27.1. The van der Waals surface area contributed by atoms with Gasteiger partial charge in [-0.1, -0.05) is 0 Å². The lowest BCUT2D eigenvalue weighted by molar-refractivity contribution is -0.0624. The van der Waals surface area contributed by atoms with Gasteiger partial charge in [0.15, 0.2) is 0 Å². The molecule has 0 aliphatic heterocycles. The minimum atomic E-state index is -2.56. The monoisotopic (exact) mass is 156 g/mol. The average Bonchev–Trinajstić information content (AvgIpc) is 1.90. The third-order valence-corrected chi connectivity index (χ3v) is 0.865. The number of hydrogen-bond donors (Lipinski definition) is 2. The van der Waals surface area contributed by atoms with Gasteiger partial charge in [0, 0.05) is 0 Å². The Bertz CT molecular complexity index is 75.3. The van der Waals surface area contributed by atoms with Crippen LogP contribution in [0.2, 0.25) is 0 Å². The summed E-state index contributed by atoms with van der Waals surface area (Å²) in [5, 5.41) is 16.6. The molecule has 0 aromatic carbocycles. The molecule has 0 spiro atoms. The fraction of sp³-hybridized carbons (Fsp3) is 1.00. The van der Waals surface area contributed by atoms with Crippen molar-refractivity contribution in [2.75, 3.05) is 19.8 Å². The first-order chi connectivity index (χ1) is 4.70. The lowest BCUT2D eigenvalue weighted by Gasteiger charge is -2.10. The molecule has 0 fully saturated rings. The molecular formula is C5H10F2O3. The van der Waals surface area contributed by atoms with Crippen LogP contribution >= 0.6 is 0 Å². The molecule has 0 saturated heterocycles. The number of halogens is 2. The van der Waals surface area contributed by atoms with Gasteiger partial charge in [-0.05, 0) is 0 Å². The highest BCUT2D eigenvalue weighted by Gasteiger charge is 2.09. The fourth-order valence-electron chi connectivity index (χ4n) is 0.372. The first-order valence-electron chi connectivity index (χ1n) is 2.82. The Hall–Kier alpha value is -0.260. The quantitative estimate of drug-likeness (QED) is 0.570. The SMILES string of the molecule is OCC(CO)OCC(F)F. The molecule has 0 rings (SSSR count). The second-order valence-corrected chi connectivity index (χ2v) is 1.71. The standard InChI is InChI=1S/C5H10F2O3/c6-5(7)3-10-4(1-8)2-9/h4-5,8-9H,1-3H2. The Morgan fingerprint density at radius 1 is 1.20 bits per heavy atom. The van der Waals surface area contributed by atoms with Gasteiger partial charge in [-0.2, -0.15) is 0 Å². The Labute approximate surface area is 57.2 Å². The number of alkyl halides is 2.